The zero-order chi connectivity index (χ0) is 88.9. The Bertz CT molecular complexity index is 5690. The monoisotopic (exact) mass is 1720 g/mol. The van der Waals surface area contributed by atoms with Gasteiger partial charge in [0.1, 0.15) is 50.1 Å². The van der Waals surface area contributed by atoms with Crippen LogP contribution in [0.15, 0.2) is 270 Å². The Labute approximate surface area is 727 Å². The minimum Gasteiger partial charge on any atom is -0.480 e. The Hall–Kier alpha value is -14.5. The second-order valence-corrected chi connectivity index (χ2v) is 29.4. The SMILES string of the molecule is Clc1nc(Cl)c2c(n1)CCC2.NC(CO)Cc1ccccc1.NCc1nc(Cc2ccccc2)co1.O=C(CN1C(=O)c2ccccc2C1=O)NC(CO)Cc1ccccc1.O=C(O)CN1C(=O)c2ccccc2C1=O.O=C1c2ccccc2C(=O)N1Cc1nc(Cc2ccccc2)co1.O=CC(Cc1ccccc1)NC(=O)CN1C(=O)c2ccccc2C1=O. The molecule has 3 atom stereocenters. The summed E-state index contributed by atoms with van der Waals surface area (Å²) in [6.45, 7) is -1.15. The molecule has 9 N–H and O–H groups in total. The van der Waals surface area contributed by atoms with Gasteiger partial charge in [-0.1, -0.05) is 212 Å². The number of nitrogens with zero attached hydrogens (tertiary/aromatic N) is 8. The van der Waals surface area contributed by atoms with Crippen molar-refractivity contribution in [2.75, 3.05) is 32.8 Å². The van der Waals surface area contributed by atoms with Crippen LogP contribution in [0.2, 0.25) is 10.4 Å². The van der Waals surface area contributed by atoms with E-state index in [4.69, 9.17) is 53.7 Å². The molecule has 1 aliphatic carbocycles. The van der Waals surface area contributed by atoms with Gasteiger partial charge >= 0.3 is 5.97 Å². The van der Waals surface area contributed by atoms with Crippen molar-refractivity contribution < 1.29 is 81.7 Å². The van der Waals surface area contributed by atoms with E-state index in [2.05, 4.69) is 42.7 Å². The van der Waals surface area contributed by atoms with Crippen LogP contribution in [-0.2, 0) is 77.2 Å². The summed E-state index contributed by atoms with van der Waals surface area (Å²) in [5.74, 6) is -4.93. The van der Waals surface area contributed by atoms with Gasteiger partial charge in [0.05, 0.1) is 93.4 Å². The number of carboxylic acids is 1. The highest BCUT2D eigenvalue weighted by Gasteiger charge is 2.40. The van der Waals surface area contributed by atoms with E-state index in [9.17, 15) is 62.6 Å². The minimum absolute atomic E-state index is 0.0428. The van der Waals surface area contributed by atoms with Gasteiger partial charge in [-0.05, 0) is 126 Å². The van der Waals surface area contributed by atoms with E-state index in [-0.39, 0.29) is 71.7 Å². The van der Waals surface area contributed by atoms with E-state index < -0.39 is 78.4 Å². The standard InChI is InChI=1S/C19H18N2O4.C19H16N2O4.C19H14N2O3.C11H12N2O.C10H7NO4.C9H13NO.C7H6Cl2N2/c2*22-12-14(10-13-6-2-1-3-7-13)20-17(23)11-21-18(24)15-8-4-5-9-16(15)19(21)25;22-18-15-8-4-5-9-16(15)19(23)21(18)11-17-20-14(12-24-17)10-13-6-2-1-3-7-13;12-7-11-13-10(8-14-11)6-9-4-2-1-3-5-9;12-8(13)5-11-9(14)6-3-1-2-4-7(6)10(11)15;10-9(7-11)6-8-4-2-1-3-5-8;8-6-4-2-1-3-5(4)10-7(9)11-6/h1-9,14,22H,10-12H2,(H,20,23);1-9,12,14H,10-11H2,(H,20,23);1-9,12H,10-11H2;1-5,8H,6-7,12H2;1-4H,5H2,(H,12,13);1-5,9,11H,6-7,10H2;1-3H2. The predicted octanol–water partition coefficient (Wildman–Crippen LogP) is 10.2. The fraction of sp³-hybridized carbons (Fsp3) is 0.191. The lowest BCUT2D eigenvalue weighted by Crippen LogP contribution is -2.46. The van der Waals surface area contributed by atoms with E-state index >= 15 is 0 Å². The van der Waals surface area contributed by atoms with Crippen LogP contribution in [0.3, 0.4) is 0 Å². The third kappa shape index (κ3) is 24.9. The number of amides is 10. The molecule has 3 unspecified atom stereocenters. The molecule has 0 bridgehead atoms. The number of aryl methyl sites for hydroxylation is 1. The van der Waals surface area contributed by atoms with Crippen LogP contribution in [0.4, 0.5) is 0 Å². The molecular weight excluding hydrogens is 1640 g/mol. The third-order valence-corrected chi connectivity index (χ3v) is 20.2. The molecule has 638 valence electrons. The number of hydrogen-bond acceptors (Lipinski definition) is 22. The Kier molecular flexibility index (Phi) is 32.8. The Morgan fingerprint density at radius 3 is 1.14 bits per heavy atom. The highest BCUT2D eigenvalue weighted by Crippen LogP contribution is 2.29. The first-order valence-electron chi connectivity index (χ1n) is 39.5. The number of benzene rings is 9. The highest BCUT2D eigenvalue weighted by molar-refractivity contribution is 6.32. The molecule has 0 radical (unpaired) electrons. The lowest BCUT2D eigenvalue weighted by Gasteiger charge is -2.19. The molecule has 7 heterocycles. The van der Waals surface area contributed by atoms with Crippen LogP contribution in [0, 0.1) is 0 Å². The molecule has 31 heteroatoms. The fourth-order valence-electron chi connectivity index (χ4n) is 13.7. The van der Waals surface area contributed by atoms with Crippen LogP contribution in [0.5, 0.6) is 0 Å². The van der Waals surface area contributed by atoms with Crippen molar-refractivity contribution in [2.24, 2.45) is 11.5 Å². The summed E-state index contributed by atoms with van der Waals surface area (Å²) in [6, 6.07) is 73.4. The van der Waals surface area contributed by atoms with Gasteiger partial charge in [-0.15, -0.1) is 0 Å². The third-order valence-electron chi connectivity index (χ3n) is 19.7. The van der Waals surface area contributed by atoms with Crippen LogP contribution < -0.4 is 22.1 Å². The largest absolute Gasteiger partial charge is 0.480 e. The molecule has 0 spiro atoms. The molecule has 0 saturated carbocycles. The van der Waals surface area contributed by atoms with Crippen molar-refractivity contribution in [2.45, 2.75) is 82.6 Å². The number of aromatic nitrogens is 4. The van der Waals surface area contributed by atoms with Crippen molar-refractivity contribution in [3.8, 4) is 0 Å². The minimum atomic E-state index is -1.20. The average Bonchev–Trinajstić information content (AvgIpc) is 1.65. The first-order chi connectivity index (χ1) is 60.5. The number of carbonyl (C=O) groups excluding carboxylic acids is 11. The van der Waals surface area contributed by atoms with E-state index in [1.54, 1.807) is 97.5 Å². The number of hydrogen-bond donors (Lipinski definition) is 7. The number of carboxylic acid groups (broad SMARTS) is 1. The van der Waals surface area contributed by atoms with Crippen molar-refractivity contribution in [1.29, 1.82) is 0 Å². The zero-order valence-corrected chi connectivity index (χ0v) is 68.8. The molecule has 9 aromatic carbocycles. The Morgan fingerprint density at radius 1 is 0.424 bits per heavy atom. The van der Waals surface area contributed by atoms with Gasteiger partial charge in [0.15, 0.2) is 0 Å². The molecule has 10 amide bonds. The van der Waals surface area contributed by atoms with E-state index in [0.717, 1.165) is 86.1 Å². The van der Waals surface area contributed by atoms with Crippen LogP contribution in [-0.4, -0.2) is 177 Å². The maximum Gasteiger partial charge on any atom is 0.323 e. The summed E-state index contributed by atoms with van der Waals surface area (Å²) in [5, 5.41) is 32.7. The molecule has 0 saturated heterocycles. The first-order valence-corrected chi connectivity index (χ1v) is 40.3. The molecule has 5 aliphatic rings. The number of aliphatic carboxylic acids is 1. The van der Waals surface area contributed by atoms with Crippen LogP contribution in [0.25, 0.3) is 0 Å². The summed E-state index contributed by atoms with van der Waals surface area (Å²) in [5.41, 5.74) is 22.7. The smallest absolute Gasteiger partial charge is 0.323 e. The zero-order valence-electron chi connectivity index (χ0n) is 67.3. The van der Waals surface area contributed by atoms with Crippen LogP contribution in [0.1, 0.15) is 152 Å². The van der Waals surface area contributed by atoms with Gasteiger partial charge in [-0.25, -0.2) is 19.9 Å². The number of fused-ring (bicyclic) bond motifs is 5. The van der Waals surface area contributed by atoms with Crippen molar-refractivity contribution in [3.05, 3.63) is 378 Å². The molecular formula is C94H86Cl2N12O17. The fourth-order valence-corrected chi connectivity index (χ4v) is 14.2. The molecule has 12 aromatic rings. The normalized spacial score (nSPS) is 13.6. The highest BCUT2D eigenvalue weighted by atomic mass is 35.5. The first kappa shape index (κ1) is 91.3. The number of rotatable bonds is 24. The maximum atomic E-state index is 12.3. The summed E-state index contributed by atoms with van der Waals surface area (Å²) in [6.07, 6.45) is 9.97. The van der Waals surface area contributed by atoms with Crippen molar-refractivity contribution in [1.82, 2.24) is 50.2 Å². The molecule has 29 nitrogen and oxygen atoms in total. The number of oxazole rings is 2. The number of halogens is 2. The topological polar surface area (TPSA) is 432 Å². The average molecular weight is 1730 g/mol. The van der Waals surface area contributed by atoms with Crippen LogP contribution >= 0.6 is 23.2 Å². The van der Waals surface area contributed by atoms with Crippen molar-refractivity contribution >= 4 is 94.5 Å². The number of aliphatic hydroxyl groups is 2. The van der Waals surface area contributed by atoms with E-state index in [0.29, 0.717) is 71.3 Å². The molecule has 3 aromatic heterocycles. The number of nitrogens with two attached hydrogens (primary N) is 2. The maximum absolute atomic E-state index is 12.3. The van der Waals surface area contributed by atoms with Gasteiger partial charge in [0.2, 0.25) is 28.9 Å². The van der Waals surface area contributed by atoms with E-state index in [1.807, 2.05) is 140 Å². The summed E-state index contributed by atoms with van der Waals surface area (Å²) >= 11 is 11.5. The van der Waals surface area contributed by atoms with E-state index in [1.165, 1.54) is 28.2 Å². The number of carbonyl (C=O) groups is 12. The molecule has 125 heavy (non-hydrogen) atoms. The number of aliphatic hydroxyl groups excluding tert-OH is 2. The quantitative estimate of drug-likeness (QED) is 0.0128. The molecule has 0 fully saturated rings. The van der Waals surface area contributed by atoms with Gasteiger partial charge in [-0.2, -0.15) is 0 Å². The second kappa shape index (κ2) is 44.9. The number of aldehydes is 1. The van der Waals surface area contributed by atoms with Gasteiger partial charge in [0, 0.05) is 24.4 Å². The molecule has 17 rings (SSSR count). The van der Waals surface area contributed by atoms with Gasteiger partial charge in [-0.3, -0.25) is 72.3 Å². The number of nitrogens with one attached hydrogen (secondary N) is 2. The van der Waals surface area contributed by atoms with Gasteiger partial charge < -0.3 is 51.0 Å². The molecule has 4 aliphatic heterocycles. The summed E-state index contributed by atoms with van der Waals surface area (Å²) in [4.78, 5) is 163. The number of imide groups is 4. The Balaban J connectivity index is 0.000000145. The summed E-state index contributed by atoms with van der Waals surface area (Å²) in [7, 11) is 0. The van der Waals surface area contributed by atoms with Crippen molar-refractivity contribution in [3.63, 3.8) is 0 Å². The second-order valence-electron chi connectivity index (χ2n) is 28.7. The Morgan fingerprint density at radius 2 is 0.768 bits per heavy atom. The van der Waals surface area contributed by atoms with Gasteiger partial charge in [0.25, 0.3) is 47.3 Å². The summed E-state index contributed by atoms with van der Waals surface area (Å²) < 4.78 is 10.6. The predicted molar refractivity (Wildman–Crippen MR) is 460 cm³/mol. The lowest BCUT2D eigenvalue weighted by molar-refractivity contribution is -0.137. The lowest BCUT2D eigenvalue weighted by atomic mass is 10.1.